The Kier molecular flexibility index (Phi) is 5.82. The molecule has 1 N–H and O–H groups in total. The van der Waals surface area contributed by atoms with Crippen molar-refractivity contribution < 1.29 is 13.2 Å². The number of benzene rings is 1. The minimum absolute atomic E-state index is 0.00695. The molecular formula is C13H18ClNO3S. The number of carbonyl (C=O) groups is 1. The second kappa shape index (κ2) is 6.91. The van der Waals surface area contributed by atoms with E-state index in [1.165, 1.54) is 12.1 Å². The van der Waals surface area contributed by atoms with Gasteiger partial charge in [-0.2, -0.15) is 0 Å². The maximum absolute atomic E-state index is 11.7. The third-order valence-corrected chi connectivity index (χ3v) is 4.21. The number of halogens is 1. The summed E-state index contributed by atoms with van der Waals surface area (Å²) in [7, 11) is 1.53. The van der Waals surface area contributed by atoms with E-state index in [-0.39, 0.29) is 16.7 Å². The zero-order valence-electron chi connectivity index (χ0n) is 11.0. The Morgan fingerprint density at radius 1 is 1.32 bits per heavy atom. The minimum atomic E-state index is -3.69. The summed E-state index contributed by atoms with van der Waals surface area (Å²) in [6.07, 6.45) is 1.83. The number of hydrogen-bond donors (Lipinski definition) is 1. The maximum Gasteiger partial charge on any atom is 0.261 e. The Labute approximate surface area is 118 Å². The second-order valence-corrected chi connectivity index (χ2v) is 7.06. The Morgan fingerprint density at radius 3 is 2.37 bits per heavy atom. The summed E-state index contributed by atoms with van der Waals surface area (Å²) < 4.78 is 22.1. The third kappa shape index (κ3) is 5.20. The van der Waals surface area contributed by atoms with Gasteiger partial charge in [0.25, 0.3) is 9.05 Å². The molecule has 1 atom stereocenters. The fraction of sp³-hybridized carbons (Fsp3) is 0.462. The number of hydrogen-bond acceptors (Lipinski definition) is 3. The fourth-order valence-electron chi connectivity index (χ4n) is 1.70. The number of carbonyl (C=O) groups excluding carboxylic acids is 1. The van der Waals surface area contributed by atoms with Gasteiger partial charge in [0.2, 0.25) is 5.91 Å². The molecule has 1 unspecified atom stereocenters. The molecule has 19 heavy (non-hydrogen) atoms. The van der Waals surface area contributed by atoms with E-state index in [0.29, 0.717) is 6.54 Å². The van der Waals surface area contributed by atoms with Crippen LogP contribution in [0.3, 0.4) is 0 Å². The molecule has 106 valence electrons. The molecule has 1 aromatic rings. The number of rotatable bonds is 6. The predicted molar refractivity (Wildman–Crippen MR) is 75.4 cm³/mol. The molecule has 0 bridgehead atoms. The molecule has 0 aliphatic carbocycles. The van der Waals surface area contributed by atoms with E-state index in [9.17, 15) is 13.2 Å². The molecule has 4 nitrogen and oxygen atoms in total. The summed E-state index contributed by atoms with van der Waals surface area (Å²) in [5.74, 6) is 0.00313. The molecule has 0 saturated heterocycles. The van der Waals surface area contributed by atoms with E-state index >= 15 is 0 Å². The van der Waals surface area contributed by atoms with Crippen LogP contribution in [0.2, 0.25) is 0 Å². The van der Waals surface area contributed by atoms with E-state index < -0.39 is 9.05 Å². The molecule has 6 heteroatoms. The van der Waals surface area contributed by atoms with E-state index in [1.807, 2.05) is 13.8 Å². The van der Waals surface area contributed by atoms with Crippen molar-refractivity contribution in [3.05, 3.63) is 29.8 Å². The standard InChI is InChI=1S/C13H18ClNO3S/c1-3-4-10(2)13(16)15-9-11-5-7-12(8-6-11)19(14,17)18/h5-8,10H,3-4,9H2,1-2H3,(H,15,16). The second-order valence-electron chi connectivity index (χ2n) is 4.49. The highest BCUT2D eigenvalue weighted by molar-refractivity contribution is 8.13. The van der Waals surface area contributed by atoms with Gasteiger partial charge in [0, 0.05) is 23.1 Å². The van der Waals surface area contributed by atoms with Gasteiger partial charge in [0.05, 0.1) is 4.90 Å². The van der Waals surface area contributed by atoms with Gasteiger partial charge < -0.3 is 5.32 Å². The van der Waals surface area contributed by atoms with Crippen LogP contribution in [-0.4, -0.2) is 14.3 Å². The van der Waals surface area contributed by atoms with Crippen molar-refractivity contribution >= 4 is 25.6 Å². The molecule has 0 radical (unpaired) electrons. The van der Waals surface area contributed by atoms with Crippen LogP contribution in [0.4, 0.5) is 0 Å². The zero-order valence-corrected chi connectivity index (χ0v) is 12.6. The van der Waals surface area contributed by atoms with Gasteiger partial charge >= 0.3 is 0 Å². The van der Waals surface area contributed by atoms with Crippen LogP contribution in [0, 0.1) is 5.92 Å². The quantitative estimate of drug-likeness (QED) is 0.822. The lowest BCUT2D eigenvalue weighted by molar-refractivity contribution is -0.124. The lowest BCUT2D eigenvalue weighted by atomic mass is 10.1. The fourth-order valence-corrected chi connectivity index (χ4v) is 2.47. The summed E-state index contributed by atoms with van der Waals surface area (Å²) >= 11 is 0. The van der Waals surface area contributed by atoms with E-state index in [0.717, 1.165) is 18.4 Å². The first-order valence-electron chi connectivity index (χ1n) is 6.16. The molecular weight excluding hydrogens is 286 g/mol. The van der Waals surface area contributed by atoms with Crippen molar-refractivity contribution in [1.29, 1.82) is 0 Å². The van der Waals surface area contributed by atoms with Crippen molar-refractivity contribution in [2.24, 2.45) is 5.92 Å². The van der Waals surface area contributed by atoms with Crippen LogP contribution in [-0.2, 0) is 20.4 Å². The average Bonchev–Trinajstić information content (AvgIpc) is 2.35. The van der Waals surface area contributed by atoms with Gasteiger partial charge in [-0.25, -0.2) is 8.42 Å². The number of amides is 1. The first kappa shape index (κ1) is 16.0. The average molecular weight is 304 g/mol. The summed E-state index contributed by atoms with van der Waals surface area (Å²) in [6, 6.07) is 6.14. The molecule has 0 saturated carbocycles. The van der Waals surface area contributed by atoms with Gasteiger partial charge in [-0.3, -0.25) is 4.79 Å². The molecule has 1 aromatic carbocycles. The van der Waals surface area contributed by atoms with Crippen molar-refractivity contribution in [2.45, 2.75) is 38.1 Å². The largest absolute Gasteiger partial charge is 0.352 e. The summed E-state index contributed by atoms with van der Waals surface area (Å²) in [4.78, 5) is 11.8. The lowest BCUT2D eigenvalue weighted by Crippen LogP contribution is -2.28. The molecule has 0 fully saturated rings. The van der Waals surface area contributed by atoms with Crippen LogP contribution >= 0.6 is 10.7 Å². The van der Waals surface area contributed by atoms with Crippen LogP contribution in [0.1, 0.15) is 32.3 Å². The maximum atomic E-state index is 11.7. The number of nitrogens with one attached hydrogen (secondary N) is 1. The van der Waals surface area contributed by atoms with Crippen molar-refractivity contribution in [1.82, 2.24) is 5.32 Å². The van der Waals surface area contributed by atoms with Gasteiger partial charge in [0.1, 0.15) is 0 Å². The van der Waals surface area contributed by atoms with Crippen molar-refractivity contribution in [2.75, 3.05) is 0 Å². The predicted octanol–water partition coefficient (Wildman–Crippen LogP) is 2.67. The summed E-state index contributed by atoms with van der Waals surface area (Å²) in [6.45, 7) is 4.31. The highest BCUT2D eigenvalue weighted by atomic mass is 35.7. The van der Waals surface area contributed by atoms with Crippen molar-refractivity contribution in [3.8, 4) is 0 Å². The van der Waals surface area contributed by atoms with Crippen LogP contribution < -0.4 is 5.32 Å². The molecule has 0 heterocycles. The SMILES string of the molecule is CCCC(C)C(=O)NCc1ccc(S(=O)(=O)Cl)cc1. The monoisotopic (exact) mass is 303 g/mol. The Balaban J connectivity index is 2.58. The summed E-state index contributed by atoms with van der Waals surface area (Å²) in [5, 5.41) is 2.82. The molecule has 1 rings (SSSR count). The summed E-state index contributed by atoms with van der Waals surface area (Å²) in [5.41, 5.74) is 0.834. The molecule has 1 amide bonds. The van der Waals surface area contributed by atoms with E-state index in [2.05, 4.69) is 5.32 Å². The van der Waals surface area contributed by atoms with Crippen molar-refractivity contribution in [3.63, 3.8) is 0 Å². The van der Waals surface area contributed by atoms with Crippen LogP contribution in [0.15, 0.2) is 29.2 Å². The van der Waals surface area contributed by atoms with E-state index in [1.54, 1.807) is 12.1 Å². The zero-order chi connectivity index (χ0) is 14.5. The van der Waals surface area contributed by atoms with Gasteiger partial charge in [-0.15, -0.1) is 0 Å². The Bertz CT molecular complexity index is 525. The first-order valence-corrected chi connectivity index (χ1v) is 8.47. The van der Waals surface area contributed by atoms with Gasteiger partial charge in [-0.1, -0.05) is 32.4 Å². The molecule has 0 aliphatic heterocycles. The molecule has 0 aliphatic rings. The first-order chi connectivity index (χ1) is 8.84. The Hall–Kier alpha value is -1.07. The van der Waals surface area contributed by atoms with Crippen LogP contribution in [0.25, 0.3) is 0 Å². The topological polar surface area (TPSA) is 63.2 Å². The van der Waals surface area contributed by atoms with E-state index in [4.69, 9.17) is 10.7 Å². The third-order valence-electron chi connectivity index (χ3n) is 2.84. The minimum Gasteiger partial charge on any atom is -0.352 e. The highest BCUT2D eigenvalue weighted by Crippen LogP contribution is 2.15. The van der Waals surface area contributed by atoms with Gasteiger partial charge in [-0.05, 0) is 24.1 Å². The molecule has 0 spiro atoms. The lowest BCUT2D eigenvalue weighted by Gasteiger charge is -2.11. The smallest absolute Gasteiger partial charge is 0.261 e. The highest BCUT2D eigenvalue weighted by Gasteiger charge is 2.12. The Morgan fingerprint density at radius 2 is 1.89 bits per heavy atom. The van der Waals surface area contributed by atoms with Gasteiger partial charge in [0.15, 0.2) is 0 Å². The normalized spacial score (nSPS) is 13.0. The van der Waals surface area contributed by atoms with Crippen LogP contribution in [0.5, 0.6) is 0 Å². The molecule has 0 aromatic heterocycles.